The highest BCUT2D eigenvalue weighted by Crippen LogP contribution is 2.20. The molecule has 0 N–H and O–H groups in total. The van der Waals surface area contributed by atoms with Crippen molar-refractivity contribution in [2.45, 2.75) is 12.6 Å². The van der Waals surface area contributed by atoms with E-state index in [1.165, 1.54) is 10.6 Å². The molecule has 0 spiro atoms. The molecule has 0 aromatic carbocycles. The van der Waals surface area contributed by atoms with E-state index in [0.717, 1.165) is 0 Å². The average Bonchev–Trinajstić information content (AvgIpc) is 2.47. The van der Waals surface area contributed by atoms with Crippen molar-refractivity contribution < 1.29 is 13.2 Å². The van der Waals surface area contributed by atoms with Crippen molar-refractivity contribution in [3.8, 4) is 0 Å². The molecule has 0 aliphatic rings. The highest BCUT2D eigenvalue weighted by Gasteiger charge is 2.30. The van der Waals surface area contributed by atoms with Gasteiger partial charge in [-0.25, -0.2) is 0 Å². The van der Waals surface area contributed by atoms with Crippen molar-refractivity contribution in [3.05, 3.63) is 30.2 Å². The Morgan fingerprint density at radius 1 is 1.21 bits per heavy atom. The van der Waals surface area contributed by atoms with Crippen LogP contribution >= 0.6 is 0 Å². The van der Waals surface area contributed by atoms with Gasteiger partial charge in [0, 0.05) is 6.20 Å². The van der Waals surface area contributed by atoms with Gasteiger partial charge in [0.1, 0.15) is 12.2 Å². The lowest BCUT2D eigenvalue weighted by molar-refractivity contribution is -0.128. The minimum absolute atomic E-state index is 0.0897. The number of aromatic nitrogens is 3. The van der Waals surface area contributed by atoms with Crippen LogP contribution in [0.25, 0.3) is 5.65 Å². The third-order valence-corrected chi connectivity index (χ3v) is 1.74. The van der Waals surface area contributed by atoms with Gasteiger partial charge in [-0.3, -0.25) is 4.40 Å². The number of hydrogen-bond donors (Lipinski definition) is 0. The van der Waals surface area contributed by atoms with E-state index in [1.54, 1.807) is 18.2 Å². The third kappa shape index (κ3) is 1.68. The lowest BCUT2D eigenvalue weighted by Gasteiger charge is -2.03. The number of nitrogens with zero attached hydrogens (tertiary/aromatic N) is 3. The molecule has 0 fully saturated rings. The predicted molar refractivity (Wildman–Crippen MR) is 42.7 cm³/mol. The van der Waals surface area contributed by atoms with Gasteiger partial charge < -0.3 is 0 Å². The molecule has 2 rings (SSSR count). The SMILES string of the molecule is FC(F)(F)Cc1nnc2ccccn12. The maximum Gasteiger partial charge on any atom is 0.396 e. The third-order valence-electron chi connectivity index (χ3n) is 1.74. The Morgan fingerprint density at radius 3 is 2.71 bits per heavy atom. The molecule has 0 atom stereocenters. The van der Waals surface area contributed by atoms with Gasteiger partial charge in [0.15, 0.2) is 5.65 Å². The Morgan fingerprint density at radius 2 is 2.00 bits per heavy atom. The van der Waals surface area contributed by atoms with Crippen LogP contribution in [0.2, 0.25) is 0 Å². The standard InChI is InChI=1S/C8H6F3N3/c9-8(10,11)5-7-13-12-6-3-1-2-4-14(6)7/h1-4H,5H2. The van der Waals surface area contributed by atoms with Crippen molar-refractivity contribution in [1.29, 1.82) is 0 Å². The van der Waals surface area contributed by atoms with E-state index in [-0.39, 0.29) is 5.82 Å². The number of alkyl halides is 3. The van der Waals surface area contributed by atoms with Crippen molar-refractivity contribution in [2.75, 3.05) is 0 Å². The molecule has 2 aromatic rings. The Bertz CT molecular complexity index is 446. The maximum absolute atomic E-state index is 12.1. The van der Waals surface area contributed by atoms with Crippen LogP contribution in [0.3, 0.4) is 0 Å². The quantitative estimate of drug-likeness (QED) is 0.704. The van der Waals surface area contributed by atoms with E-state index >= 15 is 0 Å². The summed E-state index contributed by atoms with van der Waals surface area (Å²) < 4.78 is 37.5. The van der Waals surface area contributed by atoms with Gasteiger partial charge in [0.05, 0.1) is 0 Å². The van der Waals surface area contributed by atoms with Crippen LogP contribution in [0, 0.1) is 0 Å². The zero-order chi connectivity index (χ0) is 10.2. The molecule has 0 aliphatic carbocycles. The van der Waals surface area contributed by atoms with Gasteiger partial charge in [0.2, 0.25) is 0 Å². The van der Waals surface area contributed by atoms with Crippen LogP contribution in [0.15, 0.2) is 24.4 Å². The molecule has 3 nitrogen and oxygen atoms in total. The zero-order valence-corrected chi connectivity index (χ0v) is 6.99. The van der Waals surface area contributed by atoms with Crippen LogP contribution in [0.5, 0.6) is 0 Å². The van der Waals surface area contributed by atoms with Crippen LogP contribution < -0.4 is 0 Å². The number of hydrogen-bond acceptors (Lipinski definition) is 2. The van der Waals surface area contributed by atoms with Gasteiger partial charge in [-0.05, 0) is 12.1 Å². The van der Waals surface area contributed by atoms with Gasteiger partial charge in [-0.2, -0.15) is 13.2 Å². The van der Waals surface area contributed by atoms with Crippen molar-refractivity contribution in [2.24, 2.45) is 0 Å². The highest BCUT2D eigenvalue weighted by atomic mass is 19.4. The summed E-state index contributed by atoms with van der Waals surface area (Å²) in [6.45, 7) is 0. The van der Waals surface area contributed by atoms with Crippen LogP contribution in [0.4, 0.5) is 13.2 Å². The zero-order valence-electron chi connectivity index (χ0n) is 6.99. The Labute approximate surface area is 77.2 Å². The Balaban J connectivity index is 2.44. The number of halogens is 3. The van der Waals surface area contributed by atoms with E-state index in [0.29, 0.717) is 5.65 Å². The van der Waals surface area contributed by atoms with Crippen molar-refractivity contribution in [3.63, 3.8) is 0 Å². The van der Waals surface area contributed by atoms with Gasteiger partial charge in [-0.15, -0.1) is 10.2 Å². The normalized spacial score (nSPS) is 12.2. The molecule has 74 valence electrons. The van der Waals surface area contributed by atoms with Crippen molar-refractivity contribution in [1.82, 2.24) is 14.6 Å². The molecule has 2 heterocycles. The fourth-order valence-electron chi connectivity index (χ4n) is 1.19. The van der Waals surface area contributed by atoms with Crippen molar-refractivity contribution >= 4 is 5.65 Å². The van der Waals surface area contributed by atoms with E-state index in [2.05, 4.69) is 10.2 Å². The molecule has 0 bridgehead atoms. The number of pyridine rings is 1. The second kappa shape index (κ2) is 2.97. The lowest BCUT2D eigenvalue weighted by atomic mass is 10.4. The first-order valence-electron chi connectivity index (χ1n) is 3.92. The molecule has 0 aliphatic heterocycles. The molecule has 0 saturated carbocycles. The minimum Gasteiger partial charge on any atom is -0.286 e. The monoisotopic (exact) mass is 201 g/mol. The molecule has 2 aromatic heterocycles. The predicted octanol–water partition coefficient (Wildman–Crippen LogP) is 1.83. The minimum atomic E-state index is -4.25. The Kier molecular flexibility index (Phi) is 1.90. The summed E-state index contributed by atoms with van der Waals surface area (Å²) in [5, 5.41) is 7.09. The fraction of sp³-hybridized carbons (Fsp3) is 0.250. The molecule has 0 radical (unpaired) electrons. The first-order chi connectivity index (χ1) is 6.56. The van der Waals surface area contributed by atoms with E-state index in [4.69, 9.17) is 0 Å². The summed E-state index contributed by atoms with van der Waals surface area (Å²) in [5.74, 6) is -0.0897. The second-order valence-electron chi connectivity index (χ2n) is 2.84. The largest absolute Gasteiger partial charge is 0.396 e. The summed E-state index contributed by atoms with van der Waals surface area (Å²) in [6, 6.07) is 4.94. The molecule has 0 amide bonds. The summed E-state index contributed by atoms with van der Waals surface area (Å²) in [4.78, 5) is 0. The van der Waals surface area contributed by atoms with Crippen LogP contribution in [-0.2, 0) is 6.42 Å². The summed E-state index contributed by atoms with van der Waals surface area (Å²) in [6.07, 6.45) is -3.80. The molecular weight excluding hydrogens is 195 g/mol. The fourth-order valence-corrected chi connectivity index (χ4v) is 1.19. The Hall–Kier alpha value is -1.59. The second-order valence-corrected chi connectivity index (χ2v) is 2.84. The highest BCUT2D eigenvalue weighted by molar-refractivity contribution is 5.37. The molecule has 14 heavy (non-hydrogen) atoms. The van der Waals surface area contributed by atoms with Gasteiger partial charge >= 0.3 is 6.18 Å². The average molecular weight is 201 g/mol. The number of fused-ring (bicyclic) bond motifs is 1. The topological polar surface area (TPSA) is 30.2 Å². The maximum atomic E-state index is 12.1. The van der Waals surface area contributed by atoms with E-state index in [1.807, 2.05) is 0 Å². The van der Waals surface area contributed by atoms with Crippen LogP contribution in [0.1, 0.15) is 5.82 Å². The molecule has 6 heteroatoms. The van der Waals surface area contributed by atoms with Crippen LogP contribution in [-0.4, -0.2) is 20.8 Å². The number of rotatable bonds is 1. The smallest absolute Gasteiger partial charge is 0.286 e. The van der Waals surface area contributed by atoms with E-state index < -0.39 is 12.6 Å². The van der Waals surface area contributed by atoms with Gasteiger partial charge in [0.25, 0.3) is 0 Å². The first kappa shape index (κ1) is 8.98. The molecule has 0 unspecified atom stereocenters. The summed E-state index contributed by atoms with van der Waals surface area (Å²) >= 11 is 0. The lowest BCUT2D eigenvalue weighted by Crippen LogP contribution is -2.14. The summed E-state index contributed by atoms with van der Waals surface area (Å²) in [5.41, 5.74) is 0.423. The van der Waals surface area contributed by atoms with E-state index in [9.17, 15) is 13.2 Å². The molecule has 0 saturated heterocycles. The first-order valence-corrected chi connectivity index (χ1v) is 3.92. The van der Waals surface area contributed by atoms with Gasteiger partial charge in [-0.1, -0.05) is 6.07 Å². The molecular formula is C8H6F3N3. The summed E-state index contributed by atoms with van der Waals surface area (Å²) in [7, 11) is 0.